The van der Waals surface area contributed by atoms with Crippen LogP contribution in [0.4, 0.5) is 5.82 Å². The van der Waals surface area contributed by atoms with E-state index in [0.717, 1.165) is 25.9 Å². The molecule has 1 aliphatic rings. The minimum Gasteiger partial charge on any atom is -0.383 e. The van der Waals surface area contributed by atoms with Gasteiger partial charge in [-0.2, -0.15) is 0 Å². The van der Waals surface area contributed by atoms with Crippen LogP contribution in [0.5, 0.6) is 0 Å². The number of carbonyl (C=O) groups is 1. The Labute approximate surface area is 146 Å². The van der Waals surface area contributed by atoms with Crippen LogP contribution in [0.2, 0.25) is 0 Å². The van der Waals surface area contributed by atoms with E-state index in [-0.39, 0.29) is 17.3 Å². The summed E-state index contributed by atoms with van der Waals surface area (Å²) in [6.07, 6.45) is 2.72. The van der Waals surface area contributed by atoms with Gasteiger partial charge in [0.2, 0.25) is 0 Å². The minimum atomic E-state index is -0.289. The maximum atomic E-state index is 12.4. The number of aromatic amines is 1. The van der Waals surface area contributed by atoms with Gasteiger partial charge in [-0.15, -0.1) is 0 Å². The molecule has 0 spiro atoms. The highest BCUT2D eigenvalue weighted by atomic mass is 16.1. The molecule has 0 unspecified atom stereocenters. The first-order valence-corrected chi connectivity index (χ1v) is 8.56. The molecule has 132 valence electrons. The predicted octanol–water partition coefficient (Wildman–Crippen LogP) is 0.792. The Hall–Kier alpha value is -2.67. The number of anilines is 1. The Kier molecular flexibility index (Phi) is 5.45. The predicted molar refractivity (Wildman–Crippen MR) is 96.6 cm³/mol. The van der Waals surface area contributed by atoms with Crippen LogP contribution in [0.15, 0.2) is 35.1 Å². The number of nitrogens with two attached hydrogens (primary N) is 1. The van der Waals surface area contributed by atoms with Crippen molar-refractivity contribution in [2.75, 3.05) is 25.4 Å². The lowest BCUT2D eigenvalue weighted by atomic mass is 9.90. The van der Waals surface area contributed by atoms with Gasteiger partial charge in [-0.25, -0.2) is 4.98 Å². The van der Waals surface area contributed by atoms with Crippen LogP contribution in [0.3, 0.4) is 0 Å². The Bertz CT molecular complexity index is 796. The lowest BCUT2D eigenvalue weighted by molar-refractivity contribution is 0.0954. The van der Waals surface area contributed by atoms with Crippen molar-refractivity contribution >= 4 is 11.7 Å². The van der Waals surface area contributed by atoms with Gasteiger partial charge < -0.3 is 21.4 Å². The molecule has 0 saturated carbocycles. The second-order valence-corrected chi connectivity index (χ2v) is 6.29. The molecule has 1 amide bonds. The van der Waals surface area contributed by atoms with Crippen LogP contribution in [0, 0.1) is 0 Å². The van der Waals surface area contributed by atoms with Crippen molar-refractivity contribution in [3.8, 4) is 0 Å². The number of piperidine rings is 1. The molecule has 2 heterocycles. The highest BCUT2D eigenvalue weighted by molar-refractivity contribution is 5.94. The van der Waals surface area contributed by atoms with Crippen molar-refractivity contribution in [1.82, 2.24) is 20.6 Å². The van der Waals surface area contributed by atoms with Crippen molar-refractivity contribution in [2.24, 2.45) is 0 Å². The lowest BCUT2D eigenvalue weighted by Gasteiger charge is -2.23. The third-order valence-corrected chi connectivity index (χ3v) is 4.37. The fraction of sp³-hybridized carbons (Fsp3) is 0.389. The van der Waals surface area contributed by atoms with Crippen molar-refractivity contribution in [2.45, 2.75) is 25.2 Å². The van der Waals surface area contributed by atoms with E-state index in [2.05, 4.69) is 26.7 Å². The molecular formula is C18H23N5O2. The van der Waals surface area contributed by atoms with Crippen LogP contribution in [0.25, 0.3) is 0 Å². The number of amides is 1. The molecule has 0 radical (unpaired) electrons. The summed E-state index contributed by atoms with van der Waals surface area (Å²) in [6.45, 7) is 2.40. The maximum absolute atomic E-state index is 12.4. The SMILES string of the molecule is Nc1cc(=O)[nH]c(CCNC(=O)c2cccc([C@@H]3CCCNC3)c2)n1. The number of benzene rings is 1. The largest absolute Gasteiger partial charge is 0.383 e. The van der Waals surface area contributed by atoms with Crippen LogP contribution >= 0.6 is 0 Å². The Balaban J connectivity index is 1.58. The molecule has 1 aromatic heterocycles. The average Bonchev–Trinajstić information content (AvgIpc) is 2.62. The Morgan fingerprint density at radius 1 is 1.36 bits per heavy atom. The monoisotopic (exact) mass is 341 g/mol. The number of H-pyrrole nitrogens is 1. The van der Waals surface area contributed by atoms with E-state index in [9.17, 15) is 9.59 Å². The summed E-state index contributed by atoms with van der Waals surface area (Å²) in [5.41, 5.74) is 7.10. The lowest BCUT2D eigenvalue weighted by Crippen LogP contribution is -2.29. The zero-order chi connectivity index (χ0) is 17.6. The summed E-state index contributed by atoms with van der Waals surface area (Å²) in [6, 6.07) is 9.02. The number of hydrogen-bond acceptors (Lipinski definition) is 5. The number of rotatable bonds is 5. The molecule has 1 aliphatic heterocycles. The van der Waals surface area contributed by atoms with Crippen LogP contribution in [0.1, 0.15) is 40.5 Å². The fourth-order valence-corrected chi connectivity index (χ4v) is 3.11. The zero-order valence-corrected chi connectivity index (χ0v) is 14.0. The number of nitrogens with one attached hydrogen (secondary N) is 3. The summed E-state index contributed by atoms with van der Waals surface area (Å²) >= 11 is 0. The topological polar surface area (TPSA) is 113 Å². The Morgan fingerprint density at radius 3 is 3.00 bits per heavy atom. The smallest absolute Gasteiger partial charge is 0.252 e. The van der Waals surface area contributed by atoms with E-state index in [4.69, 9.17) is 5.73 Å². The van der Waals surface area contributed by atoms with Crippen LogP contribution < -0.4 is 21.9 Å². The number of aromatic nitrogens is 2. The third-order valence-electron chi connectivity index (χ3n) is 4.37. The van der Waals surface area contributed by atoms with Gasteiger partial charge in [0.1, 0.15) is 11.6 Å². The quantitative estimate of drug-likeness (QED) is 0.642. The van der Waals surface area contributed by atoms with Crippen LogP contribution in [-0.4, -0.2) is 35.5 Å². The first kappa shape index (κ1) is 17.2. The molecule has 25 heavy (non-hydrogen) atoms. The van der Waals surface area contributed by atoms with Crippen molar-refractivity contribution in [1.29, 1.82) is 0 Å². The molecule has 7 nitrogen and oxygen atoms in total. The number of hydrogen-bond donors (Lipinski definition) is 4. The van der Waals surface area contributed by atoms with Gasteiger partial charge in [0.05, 0.1) is 0 Å². The highest BCUT2D eigenvalue weighted by Gasteiger charge is 2.16. The number of nitrogens with zero attached hydrogens (tertiary/aromatic N) is 1. The maximum Gasteiger partial charge on any atom is 0.252 e. The fourth-order valence-electron chi connectivity index (χ4n) is 3.11. The van der Waals surface area contributed by atoms with E-state index < -0.39 is 0 Å². The second kappa shape index (κ2) is 7.94. The van der Waals surface area contributed by atoms with Gasteiger partial charge in [-0.1, -0.05) is 12.1 Å². The van der Waals surface area contributed by atoms with Crippen LogP contribution in [-0.2, 0) is 6.42 Å². The molecule has 1 fully saturated rings. The number of nitrogen functional groups attached to an aromatic ring is 1. The van der Waals surface area contributed by atoms with E-state index in [1.165, 1.54) is 11.6 Å². The molecule has 1 atom stereocenters. The number of carbonyl (C=O) groups excluding carboxylic acids is 1. The summed E-state index contributed by atoms with van der Waals surface area (Å²) in [7, 11) is 0. The molecule has 2 aromatic rings. The van der Waals surface area contributed by atoms with E-state index >= 15 is 0 Å². The highest BCUT2D eigenvalue weighted by Crippen LogP contribution is 2.23. The van der Waals surface area contributed by atoms with Gasteiger partial charge in [0.15, 0.2) is 0 Å². The van der Waals surface area contributed by atoms with E-state index in [0.29, 0.717) is 30.3 Å². The minimum absolute atomic E-state index is 0.128. The molecule has 5 N–H and O–H groups in total. The first-order chi connectivity index (χ1) is 12.1. The van der Waals surface area contributed by atoms with Crippen molar-refractivity contribution < 1.29 is 4.79 Å². The van der Waals surface area contributed by atoms with E-state index in [1.807, 2.05) is 18.2 Å². The molecule has 0 aliphatic carbocycles. The third kappa shape index (κ3) is 4.67. The van der Waals surface area contributed by atoms with Gasteiger partial charge in [0.25, 0.3) is 11.5 Å². The van der Waals surface area contributed by atoms with Crippen molar-refractivity contribution in [3.63, 3.8) is 0 Å². The summed E-state index contributed by atoms with van der Waals surface area (Å²) in [5.74, 6) is 0.978. The molecule has 7 heteroatoms. The molecule has 1 aromatic carbocycles. The van der Waals surface area contributed by atoms with Gasteiger partial charge in [-0.05, 0) is 43.0 Å². The standard InChI is InChI=1S/C18H23N5O2/c19-15-10-17(24)23-16(22-15)6-8-21-18(25)13-4-1-3-12(9-13)14-5-2-7-20-11-14/h1,3-4,9-10,14,20H,2,5-8,11H2,(H,21,25)(H3,19,22,23,24)/t14-/m1/s1. The zero-order valence-electron chi connectivity index (χ0n) is 14.0. The Morgan fingerprint density at radius 2 is 2.24 bits per heavy atom. The normalized spacial score (nSPS) is 17.2. The van der Waals surface area contributed by atoms with Gasteiger partial charge in [0, 0.05) is 31.1 Å². The molecule has 3 rings (SSSR count). The molecule has 0 bridgehead atoms. The summed E-state index contributed by atoms with van der Waals surface area (Å²) in [4.78, 5) is 30.4. The van der Waals surface area contributed by atoms with Crippen molar-refractivity contribution in [3.05, 3.63) is 57.6 Å². The van der Waals surface area contributed by atoms with E-state index in [1.54, 1.807) is 0 Å². The summed E-state index contributed by atoms with van der Waals surface area (Å²) < 4.78 is 0. The molecular weight excluding hydrogens is 318 g/mol. The van der Waals surface area contributed by atoms with Gasteiger partial charge in [-0.3, -0.25) is 9.59 Å². The van der Waals surface area contributed by atoms with Gasteiger partial charge >= 0.3 is 0 Å². The summed E-state index contributed by atoms with van der Waals surface area (Å²) in [5, 5.41) is 6.26. The average molecular weight is 341 g/mol. The molecule has 1 saturated heterocycles. The first-order valence-electron chi connectivity index (χ1n) is 8.56. The second-order valence-electron chi connectivity index (χ2n) is 6.29.